The van der Waals surface area contributed by atoms with E-state index in [1.165, 1.54) is 0 Å². The Kier molecular flexibility index (Phi) is 6.30. The molecule has 0 fully saturated rings. The SMILES string of the molecule is CCCC(O)c1cc(OCC)c(OCC)cc1Cl. The van der Waals surface area contributed by atoms with Gasteiger partial charge in [0, 0.05) is 11.6 Å². The number of ether oxygens (including phenoxy) is 2. The predicted molar refractivity (Wildman–Crippen MR) is 73.7 cm³/mol. The van der Waals surface area contributed by atoms with Crippen molar-refractivity contribution in [3.63, 3.8) is 0 Å². The summed E-state index contributed by atoms with van der Waals surface area (Å²) in [5, 5.41) is 10.6. The van der Waals surface area contributed by atoms with Crippen molar-refractivity contribution in [1.29, 1.82) is 0 Å². The molecule has 0 aliphatic rings. The molecule has 3 nitrogen and oxygen atoms in total. The highest BCUT2D eigenvalue weighted by atomic mass is 35.5. The molecule has 1 unspecified atom stereocenters. The van der Waals surface area contributed by atoms with Crippen LogP contribution in [-0.4, -0.2) is 18.3 Å². The van der Waals surface area contributed by atoms with Gasteiger partial charge in [0.05, 0.1) is 24.3 Å². The molecule has 1 N–H and O–H groups in total. The Balaban J connectivity index is 3.09. The van der Waals surface area contributed by atoms with Crippen molar-refractivity contribution in [2.24, 2.45) is 0 Å². The molecule has 0 amide bonds. The fourth-order valence-electron chi connectivity index (χ4n) is 1.77. The molecule has 0 spiro atoms. The third kappa shape index (κ3) is 3.79. The van der Waals surface area contributed by atoms with Crippen molar-refractivity contribution in [3.8, 4) is 11.5 Å². The molecular formula is C14H21ClO3. The average molecular weight is 273 g/mol. The van der Waals surface area contributed by atoms with Crippen LogP contribution in [0, 0.1) is 0 Å². The van der Waals surface area contributed by atoms with Crippen molar-refractivity contribution in [1.82, 2.24) is 0 Å². The quantitative estimate of drug-likeness (QED) is 0.816. The maximum Gasteiger partial charge on any atom is 0.162 e. The molecule has 1 rings (SSSR count). The van der Waals surface area contributed by atoms with Gasteiger partial charge in [-0.05, 0) is 26.3 Å². The van der Waals surface area contributed by atoms with Gasteiger partial charge in [-0.2, -0.15) is 0 Å². The lowest BCUT2D eigenvalue weighted by molar-refractivity contribution is 0.166. The Labute approximate surface area is 114 Å². The van der Waals surface area contributed by atoms with E-state index in [2.05, 4.69) is 0 Å². The van der Waals surface area contributed by atoms with E-state index in [9.17, 15) is 5.11 Å². The van der Waals surface area contributed by atoms with Gasteiger partial charge in [-0.1, -0.05) is 24.9 Å². The van der Waals surface area contributed by atoms with Gasteiger partial charge in [-0.25, -0.2) is 0 Å². The molecule has 4 heteroatoms. The third-order valence-electron chi connectivity index (χ3n) is 2.58. The molecule has 0 aliphatic heterocycles. The van der Waals surface area contributed by atoms with Gasteiger partial charge in [0.2, 0.25) is 0 Å². The van der Waals surface area contributed by atoms with E-state index >= 15 is 0 Å². The standard InChI is InChI=1S/C14H21ClO3/c1-4-7-12(16)10-8-13(17-5-2)14(18-6-3)9-11(10)15/h8-9,12,16H,4-7H2,1-3H3. The Morgan fingerprint density at radius 1 is 1.11 bits per heavy atom. The number of hydrogen-bond donors (Lipinski definition) is 1. The lowest BCUT2D eigenvalue weighted by Crippen LogP contribution is -2.03. The van der Waals surface area contributed by atoms with Crippen LogP contribution < -0.4 is 9.47 Å². The van der Waals surface area contributed by atoms with Crippen LogP contribution in [0.3, 0.4) is 0 Å². The zero-order valence-electron chi connectivity index (χ0n) is 11.2. The number of halogens is 1. The van der Waals surface area contributed by atoms with Crippen LogP contribution >= 0.6 is 11.6 Å². The Morgan fingerprint density at radius 3 is 2.17 bits per heavy atom. The second-order valence-electron chi connectivity index (χ2n) is 3.99. The largest absolute Gasteiger partial charge is 0.490 e. The lowest BCUT2D eigenvalue weighted by Gasteiger charge is -2.17. The van der Waals surface area contributed by atoms with E-state index in [0.29, 0.717) is 41.7 Å². The summed E-state index contributed by atoms with van der Waals surface area (Å²) in [6.45, 7) is 6.93. The van der Waals surface area contributed by atoms with Crippen LogP contribution in [-0.2, 0) is 0 Å². The maximum atomic E-state index is 10.0. The van der Waals surface area contributed by atoms with Gasteiger partial charge in [-0.3, -0.25) is 0 Å². The van der Waals surface area contributed by atoms with Gasteiger partial charge in [0.25, 0.3) is 0 Å². The van der Waals surface area contributed by atoms with E-state index in [4.69, 9.17) is 21.1 Å². The van der Waals surface area contributed by atoms with Crippen molar-refractivity contribution in [3.05, 3.63) is 22.7 Å². The second-order valence-corrected chi connectivity index (χ2v) is 4.40. The Hall–Kier alpha value is -0.930. The fraction of sp³-hybridized carbons (Fsp3) is 0.571. The highest BCUT2D eigenvalue weighted by Gasteiger charge is 2.16. The molecule has 0 aliphatic carbocycles. The lowest BCUT2D eigenvalue weighted by atomic mass is 10.0. The highest BCUT2D eigenvalue weighted by molar-refractivity contribution is 6.31. The summed E-state index contributed by atoms with van der Waals surface area (Å²) in [5.41, 5.74) is 0.699. The minimum atomic E-state index is -0.558. The monoisotopic (exact) mass is 272 g/mol. The number of hydrogen-bond acceptors (Lipinski definition) is 3. The molecule has 0 heterocycles. The van der Waals surface area contributed by atoms with Crippen molar-refractivity contribution < 1.29 is 14.6 Å². The molecule has 0 bridgehead atoms. The topological polar surface area (TPSA) is 38.7 Å². The summed E-state index contributed by atoms with van der Waals surface area (Å²) >= 11 is 6.17. The van der Waals surface area contributed by atoms with E-state index in [0.717, 1.165) is 6.42 Å². The summed E-state index contributed by atoms with van der Waals surface area (Å²) in [6, 6.07) is 3.49. The first-order valence-corrected chi connectivity index (χ1v) is 6.78. The van der Waals surface area contributed by atoms with Crippen molar-refractivity contribution >= 4 is 11.6 Å². The molecule has 1 atom stereocenters. The third-order valence-corrected chi connectivity index (χ3v) is 2.91. The summed E-state index contributed by atoms with van der Waals surface area (Å²) in [4.78, 5) is 0. The second kappa shape index (κ2) is 7.49. The first-order chi connectivity index (χ1) is 8.63. The maximum absolute atomic E-state index is 10.0. The van der Waals surface area contributed by atoms with Crippen LogP contribution in [0.15, 0.2) is 12.1 Å². The van der Waals surface area contributed by atoms with Crippen LogP contribution in [0.25, 0.3) is 0 Å². The zero-order valence-corrected chi connectivity index (χ0v) is 12.0. The number of rotatable bonds is 7. The first kappa shape index (κ1) is 15.1. The van der Waals surface area contributed by atoms with E-state index in [1.54, 1.807) is 12.1 Å². The van der Waals surface area contributed by atoms with E-state index in [1.807, 2.05) is 20.8 Å². The zero-order chi connectivity index (χ0) is 13.5. The average Bonchev–Trinajstić information content (AvgIpc) is 2.33. The minimum absolute atomic E-state index is 0.517. The molecule has 0 radical (unpaired) electrons. The molecule has 102 valence electrons. The smallest absolute Gasteiger partial charge is 0.162 e. The number of aliphatic hydroxyl groups is 1. The van der Waals surface area contributed by atoms with Gasteiger partial charge in [-0.15, -0.1) is 0 Å². The fourth-order valence-corrected chi connectivity index (χ4v) is 2.05. The molecule has 0 saturated heterocycles. The minimum Gasteiger partial charge on any atom is -0.490 e. The molecule has 18 heavy (non-hydrogen) atoms. The van der Waals surface area contributed by atoms with Crippen LogP contribution in [0.5, 0.6) is 11.5 Å². The van der Waals surface area contributed by atoms with E-state index in [-0.39, 0.29) is 0 Å². The first-order valence-electron chi connectivity index (χ1n) is 6.41. The molecule has 1 aromatic carbocycles. The van der Waals surface area contributed by atoms with Gasteiger partial charge >= 0.3 is 0 Å². The molecular weight excluding hydrogens is 252 g/mol. The summed E-state index contributed by atoms with van der Waals surface area (Å²) in [6.07, 6.45) is 1.02. The van der Waals surface area contributed by atoms with Gasteiger partial charge in [0.1, 0.15) is 0 Å². The molecule has 0 saturated carbocycles. The van der Waals surface area contributed by atoms with Gasteiger partial charge < -0.3 is 14.6 Å². The molecule has 1 aromatic rings. The van der Waals surface area contributed by atoms with Gasteiger partial charge in [0.15, 0.2) is 11.5 Å². The normalized spacial score (nSPS) is 12.3. The summed E-state index contributed by atoms with van der Waals surface area (Å²) in [7, 11) is 0. The number of aliphatic hydroxyl groups excluding tert-OH is 1. The Morgan fingerprint density at radius 2 is 1.67 bits per heavy atom. The summed E-state index contributed by atoms with van der Waals surface area (Å²) < 4.78 is 11.0. The number of benzene rings is 1. The van der Waals surface area contributed by atoms with Crippen molar-refractivity contribution in [2.45, 2.75) is 39.7 Å². The highest BCUT2D eigenvalue weighted by Crippen LogP contribution is 2.37. The van der Waals surface area contributed by atoms with Crippen LogP contribution in [0.1, 0.15) is 45.3 Å². The van der Waals surface area contributed by atoms with E-state index < -0.39 is 6.10 Å². The molecule has 0 aromatic heterocycles. The Bertz CT molecular complexity index is 380. The van der Waals surface area contributed by atoms with Crippen LogP contribution in [0.2, 0.25) is 5.02 Å². The summed E-state index contributed by atoms with van der Waals surface area (Å²) in [5.74, 6) is 1.26. The van der Waals surface area contributed by atoms with Crippen molar-refractivity contribution in [2.75, 3.05) is 13.2 Å². The van der Waals surface area contributed by atoms with Crippen LogP contribution in [0.4, 0.5) is 0 Å². The predicted octanol–water partition coefficient (Wildman–Crippen LogP) is 3.97.